The summed E-state index contributed by atoms with van der Waals surface area (Å²) in [5, 5.41) is 194. The van der Waals surface area contributed by atoms with Gasteiger partial charge in [-0.2, -0.15) is 4.39 Å². The van der Waals surface area contributed by atoms with Gasteiger partial charge in [0.2, 0.25) is 5.82 Å². The van der Waals surface area contributed by atoms with E-state index >= 15 is 0 Å². The van der Waals surface area contributed by atoms with E-state index in [1.54, 1.807) is 70.6 Å². The van der Waals surface area contributed by atoms with Crippen LogP contribution in [0.2, 0.25) is 19.6 Å². The van der Waals surface area contributed by atoms with Crippen molar-refractivity contribution >= 4 is 93.6 Å². The number of aldehydes is 1. The fraction of sp³-hybridized carbons (Fsp3) is 0.494. The largest absolute Gasteiger partial charge is 0.396 e. The smallest absolute Gasteiger partial charge is 0.305 e. The highest BCUT2D eigenvalue weighted by Gasteiger charge is 2.41. The minimum atomic E-state index is -1.58. The van der Waals surface area contributed by atoms with Crippen molar-refractivity contribution in [3.8, 4) is 22.7 Å². The molecule has 0 spiro atoms. The number of piperidine rings is 1. The number of rotatable bonds is 55. The minimum absolute atomic E-state index is 0.000825. The summed E-state index contributed by atoms with van der Waals surface area (Å²) in [5.74, 6) is -0.957. The Morgan fingerprint density at radius 2 is 0.755 bits per heavy atom. The van der Waals surface area contributed by atoms with Crippen molar-refractivity contribution in [3.05, 3.63) is 240 Å². The second-order valence-electron chi connectivity index (χ2n) is 33.1. The van der Waals surface area contributed by atoms with Crippen LogP contribution in [-0.2, 0) is 4.79 Å². The SMILES string of the molecule is C[Si](C)(C)c1cn(-c2ccc(NCCCCCCO)c([N+](=O)[O-])c2)nn1.NCCCCCCO.O=CCCCCCNc1ccc(-n2ccnn2)cc1[N+](=O)[O-].O=[N+]([O-])c1cc(-n2ccnn2)ccc1NCCCCCCN1C[C@H](O)[C@@H](O)[C@H](O)[C@H]1CO.O=[N+]([O-])c1cc(-n2ccnn2)ccc1NCCCCCCO.[N-]=[N+]=Nc1ccc(F)c([N+](=O)[O-])c1.[N-]=[N+]=Nc1ccc(NCCCCCCO)c([N+](=O)[O-])c1. The van der Waals surface area contributed by atoms with Crippen molar-refractivity contribution < 1.29 is 79.6 Å². The highest BCUT2D eigenvalue weighted by Crippen LogP contribution is 2.34. The number of nitrogens with zero attached hydrogens (tertiary/aromatic N) is 25. The van der Waals surface area contributed by atoms with Crippen molar-refractivity contribution in [2.24, 2.45) is 16.0 Å². The molecule has 0 aliphatic carbocycles. The zero-order chi connectivity index (χ0) is 105. The maximum atomic E-state index is 12.7. The minimum Gasteiger partial charge on any atom is -0.396 e. The lowest BCUT2D eigenvalue weighted by Gasteiger charge is -2.43. The number of nitrogens with one attached hydrogen (secondary N) is 5. The molecule has 11 rings (SSSR count). The number of nitrogens with two attached hydrogens (primary N) is 1. The van der Waals surface area contributed by atoms with E-state index in [0.717, 1.165) is 184 Å². The number of benzene rings is 6. The third kappa shape index (κ3) is 43.5. The Kier molecular flexibility index (Phi) is 56.2. The summed E-state index contributed by atoms with van der Waals surface area (Å²) in [7, 11) is -1.58. The number of aliphatic hydroxyl groups is 8. The number of hydrogen-bond acceptors (Lipinski definition) is 38. The molecule has 54 heteroatoms. The number of anilines is 5. The average Bonchev–Trinajstić information content (AvgIpc) is 1.79. The number of aliphatic hydroxyl groups excluding tert-OH is 8. The maximum absolute atomic E-state index is 12.7. The molecule has 776 valence electrons. The highest BCUT2D eigenvalue weighted by atomic mass is 28.3. The maximum Gasteiger partial charge on any atom is 0.305 e. The van der Waals surface area contributed by atoms with Crippen LogP contribution >= 0.6 is 0 Å². The number of halogens is 1. The van der Waals surface area contributed by atoms with Crippen molar-refractivity contribution in [1.82, 2.24) is 64.9 Å². The number of nitro groups is 6. The molecule has 0 radical (unpaired) electrons. The van der Waals surface area contributed by atoms with Gasteiger partial charge in [-0.1, -0.05) is 127 Å². The first-order valence-electron chi connectivity index (χ1n) is 46.6. The molecule has 143 heavy (non-hydrogen) atoms. The zero-order valence-electron chi connectivity index (χ0n) is 80.0. The summed E-state index contributed by atoms with van der Waals surface area (Å²) < 4.78 is 18.7. The molecule has 1 aliphatic rings. The molecule has 15 N–H and O–H groups in total. The Labute approximate surface area is 823 Å². The van der Waals surface area contributed by atoms with Gasteiger partial charge in [0.15, 0.2) is 0 Å². The topological polar surface area (TPSA) is 748 Å². The monoisotopic (exact) mass is 2010 g/mol. The van der Waals surface area contributed by atoms with E-state index in [4.69, 9.17) is 37.2 Å². The molecule has 0 saturated carbocycles. The van der Waals surface area contributed by atoms with E-state index in [1.807, 2.05) is 12.3 Å². The molecule has 0 unspecified atom stereocenters. The molecule has 4 aromatic heterocycles. The summed E-state index contributed by atoms with van der Waals surface area (Å²) in [6, 6.07) is 26.3. The van der Waals surface area contributed by atoms with Crippen LogP contribution in [0.3, 0.4) is 0 Å². The molecule has 4 atom stereocenters. The molecular formula is C89H128FN31O21Si. The lowest BCUT2D eigenvalue weighted by Crippen LogP contribution is -2.62. The zero-order valence-corrected chi connectivity index (χ0v) is 81.0. The van der Waals surface area contributed by atoms with Crippen LogP contribution in [0.1, 0.15) is 154 Å². The van der Waals surface area contributed by atoms with Crippen LogP contribution in [-0.4, -0.2) is 259 Å². The molecule has 0 bridgehead atoms. The van der Waals surface area contributed by atoms with Gasteiger partial charge in [-0.15, -0.1) is 20.4 Å². The molecule has 6 aromatic carbocycles. The number of nitro benzene ring substituents is 6. The molecule has 1 saturated heterocycles. The summed E-state index contributed by atoms with van der Waals surface area (Å²) in [5.41, 5.74) is 25.7. The molecule has 10 aromatic rings. The summed E-state index contributed by atoms with van der Waals surface area (Å²) in [6.07, 6.45) is 30.4. The van der Waals surface area contributed by atoms with Gasteiger partial charge in [0.05, 0.1) is 114 Å². The third-order valence-corrected chi connectivity index (χ3v) is 23.2. The number of β-amino-alcohol motifs (C(OH)–C–C–N with tert-alkyl or cyclic N) is 1. The molecule has 5 heterocycles. The lowest BCUT2D eigenvalue weighted by atomic mass is 9.94. The molecule has 1 aliphatic heterocycles. The van der Waals surface area contributed by atoms with E-state index in [2.05, 4.69) is 108 Å². The van der Waals surface area contributed by atoms with Gasteiger partial charge in [-0.3, -0.25) is 65.6 Å². The van der Waals surface area contributed by atoms with Crippen LogP contribution in [0.25, 0.3) is 43.6 Å². The first-order valence-corrected chi connectivity index (χ1v) is 50.1. The predicted octanol–water partition coefficient (Wildman–Crippen LogP) is 13.8. The van der Waals surface area contributed by atoms with Gasteiger partial charge in [0.1, 0.15) is 55.0 Å². The molecule has 1 fully saturated rings. The fourth-order valence-corrected chi connectivity index (χ4v) is 14.6. The second kappa shape index (κ2) is 67.6. The molecule has 0 amide bonds. The standard InChI is InChI=1S/C20H30N6O6.C17H27N5O3Si.C14H19N5O3.C14H17N5O3.C12H17N5O3.C6H3FN4O2.C6H15NO/c27-13-17-19(29)20(30)18(28)12-24(17)9-4-2-1-3-7-21-15-6-5-14(11-16(15)26(31)32)25-10-8-22-23-25;1-26(2,3)17-13-21(20-19-17)14-8-9-15(16(12-14)22(24)25)18-10-6-4-5-7-11-23;2*20-10-4-2-1-3-7-15-13-6-5-12(11-14(13)19(21)22)18-9-8-16-17-18;13-16-15-10-5-6-11(12(9-10)17(19)20)14-7-3-1-2-4-8-18;7-5-2-1-4(9-10-8)3-6(5)11(12)13;7-5-3-1-2-4-6-8/h5-6,8,10-11,17-21,27-30H,1-4,7,9,12-13H2;8-9,12-13,18,23H,4-7,10-11H2,1-3H3;5-6,8-9,11,15,20H,1-4,7,10H2;5-6,8-11,15H,1-4,7H2;5-6,9,14,18H,1-4,7-8H2;1-3H;8H,1-7H2/t17-,18+,19-,20-;;;;;;/m1....../s1. The fourth-order valence-electron chi connectivity index (χ4n) is 13.8. The van der Waals surface area contributed by atoms with E-state index in [0.29, 0.717) is 103 Å². The summed E-state index contributed by atoms with van der Waals surface area (Å²) in [4.78, 5) is 80.4. The van der Waals surface area contributed by atoms with Crippen molar-refractivity contribution in [2.45, 2.75) is 198 Å². The number of likely N-dealkylation sites (tertiary alicyclic amines) is 1. The van der Waals surface area contributed by atoms with Gasteiger partial charge in [0, 0.05) is 136 Å². The van der Waals surface area contributed by atoms with Gasteiger partial charge in [0.25, 0.3) is 28.4 Å². The first kappa shape index (κ1) is 119. The number of aromatic nitrogens is 12. The van der Waals surface area contributed by atoms with E-state index in [1.165, 1.54) is 75.1 Å². The van der Waals surface area contributed by atoms with Crippen LogP contribution in [0.4, 0.5) is 78.3 Å². The molecule has 52 nitrogen and oxygen atoms in total. The van der Waals surface area contributed by atoms with Gasteiger partial charge in [-0.25, -0.2) is 18.7 Å². The lowest BCUT2D eigenvalue weighted by molar-refractivity contribution is -0.387. The third-order valence-electron chi connectivity index (χ3n) is 21.5. The number of carbonyl (C=O) groups is 1. The van der Waals surface area contributed by atoms with Crippen LogP contribution in [0.15, 0.2) is 163 Å². The van der Waals surface area contributed by atoms with Crippen molar-refractivity contribution in [2.75, 3.05) is 112 Å². The summed E-state index contributed by atoms with van der Waals surface area (Å²) >= 11 is 0. The predicted molar refractivity (Wildman–Crippen MR) is 536 cm³/mol. The number of carbonyl (C=O) groups excluding carboxylic acids is 1. The Balaban J connectivity index is 0.000000302. The van der Waals surface area contributed by atoms with Crippen molar-refractivity contribution in [1.29, 1.82) is 0 Å². The van der Waals surface area contributed by atoms with Gasteiger partial charge in [-0.05, 0) is 168 Å². The van der Waals surface area contributed by atoms with E-state index in [-0.39, 0.29) is 77.7 Å². The second-order valence-corrected chi connectivity index (χ2v) is 38.1. The number of azide groups is 2. The number of hydrogen-bond donors (Lipinski definition) is 14. The van der Waals surface area contributed by atoms with E-state index < -0.39 is 68.5 Å². The highest BCUT2D eigenvalue weighted by molar-refractivity contribution is 6.88. The normalized spacial score (nSPS) is 13.4. The van der Waals surface area contributed by atoms with Crippen LogP contribution in [0.5, 0.6) is 0 Å². The Hall–Kier alpha value is -14.7. The van der Waals surface area contributed by atoms with Gasteiger partial charge >= 0.3 is 5.69 Å². The quantitative estimate of drug-likeness (QED) is 0.00246. The Morgan fingerprint density at radius 3 is 1.07 bits per heavy atom. The average molecular weight is 2020 g/mol. The van der Waals surface area contributed by atoms with Crippen LogP contribution in [0, 0.1) is 66.5 Å². The van der Waals surface area contributed by atoms with E-state index in [9.17, 15) is 90.3 Å². The van der Waals surface area contributed by atoms with Crippen molar-refractivity contribution in [3.63, 3.8) is 0 Å². The molecular weight excluding hydrogens is 1890 g/mol. The van der Waals surface area contributed by atoms with Crippen LogP contribution < -0.4 is 37.6 Å². The first-order chi connectivity index (χ1) is 68.9. The Morgan fingerprint density at radius 1 is 0.434 bits per heavy atom. The van der Waals surface area contributed by atoms with Gasteiger partial charge < -0.3 is 78.0 Å². The number of unbranched alkanes of at least 4 members (excludes halogenated alkanes) is 18. The Bertz CT molecular complexity index is 5540. The summed E-state index contributed by atoms with van der Waals surface area (Å²) in [6.45, 7) is 11.9.